The third-order valence-corrected chi connectivity index (χ3v) is 5.18. The highest BCUT2D eigenvalue weighted by Crippen LogP contribution is 2.30. The molecule has 23 heavy (non-hydrogen) atoms. The summed E-state index contributed by atoms with van der Waals surface area (Å²) in [6, 6.07) is 10.2. The number of carbonyl (C=O) groups is 1. The highest BCUT2D eigenvalue weighted by atomic mass is 79.9. The molecule has 3 rings (SSSR count). The second-order valence-electron chi connectivity index (χ2n) is 6.16. The van der Waals surface area contributed by atoms with Crippen molar-refractivity contribution < 1.29 is 9.53 Å². The predicted molar refractivity (Wildman–Crippen MR) is 96.6 cm³/mol. The lowest BCUT2D eigenvalue weighted by atomic mass is 9.88. The number of ether oxygens (including phenoxy) is 1. The lowest BCUT2D eigenvalue weighted by molar-refractivity contribution is -0.126. The number of halogens is 1. The number of carbonyl (C=O) groups excluding carboxylic acids is 1. The number of rotatable bonds is 4. The van der Waals surface area contributed by atoms with Crippen LogP contribution in [0, 0.1) is 5.92 Å². The maximum atomic E-state index is 12.4. The van der Waals surface area contributed by atoms with E-state index in [1.807, 2.05) is 18.2 Å². The van der Waals surface area contributed by atoms with Gasteiger partial charge in [0.25, 0.3) is 0 Å². The van der Waals surface area contributed by atoms with Crippen LogP contribution in [0.4, 0.5) is 0 Å². The highest BCUT2D eigenvalue weighted by Gasteiger charge is 2.21. The lowest BCUT2D eigenvalue weighted by Crippen LogP contribution is -2.31. The Hall–Kier alpha value is -1.55. The number of hydrogen-bond acceptors (Lipinski definition) is 2. The third-order valence-electron chi connectivity index (χ3n) is 4.69. The van der Waals surface area contributed by atoms with Crippen LogP contribution in [0.25, 0.3) is 10.8 Å². The Labute approximate surface area is 145 Å². The van der Waals surface area contributed by atoms with Gasteiger partial charge in [0.15, 0.2) is 0 Å². The Morgan fingerprint density at radius 1 is 1.22 bits per heavy atom. The first-order valence-electron chi connectivity index (χ1n) is 8.22. The number of amides is 1. The van der Waals surface area contributed by atoms with Gasteiger partial charge in [0.2, 0.25) is 5.91 Å². The quantitative estimate of drug-likeness (QED) is 0.832. The van der Waals surface area contributed by atoms with Crippen LogP contribution in [0.1, 0.15) is 37.7 Å². The molecule has 0 aliphatic heterocycles. The van der Waals surface area contributed by atoms with Gasteiger partial charge in [-0.25, -0.2) is 0 Å². The van der Waals surface area contributed by atoms with Crippen LogP contribution in [0.3, 0.4) is 0 Å². The zero-order valence-corrected chi connectivity index (χ0v) is 15.0. The second kappa shape index (κ2) is 7.35. The van der Waals surface area contributed by atoms with Gasteiger partial charge >= 0.3 is 0 Å². The molecule has 0 aromatic heterocycles. The van der Waals surface area contributed by atoms with Gasteiger partial charge in [-0.3, -0.25) is 4.79 Å². The third kappa shape index (κ3) is 3.69. The van der Waals surface area contributed by atoms with Crippen LogP contribution in [0.5, 0.6) is 5.75 Å². The average molecular weight is 376 g/mol. The SMILES string of the molecule is COc1ccc2cc(Br)ccc2c1CNC(=O)C1CCCCC1. The molecule has 0 saturated heterocycles. The Morgan fingerprint density at radius 2 is 2.00 bits per heavy atom. The molecular weight excluding hydrogens is 354 g/mol. The molecule has 0 unspecified atom stereocenters. The smallest absolute Gasteiger partial charge is 0.223 e. The van der Waals surface area contributed by atoms with Crippen LogP contribution in [-0.4, -0.2) is 13.0 Å². The Morgan fingerprint density at radius 3 is 2.74 bits per heavy atom. The van der Waals surface area contributed by atoms with E-state index in [0.29, 0.717) is 6.54 Å². The van der Waals surface area contributed by atoms with Crippen molar-refractivity contribution >= 4 is 32.6 Å². The molecule has 1 aliphatic rings. The molecule has 122 valence electrons. The van der Waals surface area contributed by atoms with Crippen molar-refractivity contribution in [2.24, 2.45) is 5.92 Å². The van der Waals surface area contributed by atoms with E-state index in [1.165, 1.54) is 19.3 Å². The topological polar surface area (TPSA) is 38.3 Å². The summed E-state index contributed by atoms with van der Waals surface area (Å²) >= 11 is 3.51. The highest BCUT2D eigenvalue weighted by molar-refractivity contribution is 9.10. The van der Waals surface area contributed by atoms with E-state index in [0.717, 1.165) is 39.4 Å². The van der Waals surface area contributed by atoms with Crippen molar-refractivity contribution in [2.45, 2.75) is 38.6 Å². The summed E-state index contributed by atoms with van der Waals surface area (Å²) < 4.78 is 6.55. The zero-order valence-electron chi connectivity index (χ0n) is 13.4. The van der Waals surface area contributed by atoms with Gasteiger partial charge in [0.1, 0.15) is 5.75 Å². The molecule has 0 atom stereocenters. The zero-order chi connectivity index (χ0) is 16.2. The number of methoxy groups -OCH3 is 1. The average Bonchev–Trinajstić information content (AvgIpc) is 2.59. The molecule has 1 N–H and O–H groups in total. The monoisotopic (exact) mass is 375 g/mol. The summed E-state index contributed by atoms with van der Waals surface area (Å²) in [4.78, 5) is 12.4. The molecule has 1 saturated carbocycles. The minimum absolute atomic E-state index is 0.180. The summed E-state index contributed by atoms with van der Waals surface area (Å²) in [5.74, 6) is 1.18. The van der Waals surface area contributed by atoms with Crippen molar-refractivity contribution in [2.75, 3.05) is 7.11 Å². The molecule has 2 aromatic rings. The molecular formula is C19H22BrNO2. The van der Waals surface area contributed by atoms with Gasteiger partial charge in [-0.05, 0) is 41.8 Å². The Balaban J connectivity index is 1.82. The van der Waals surface area contributed by atoms with Crippen LogP contribution >= 0.6 is 15.9 Å². The van der Waals surface area contributed by atoms with E-state index in [-0.39, 0.29) is 11.8 Å². The summed E-state index contributed by atoms with van der Waals surface area (Å²) in [5, 5.41) is 5.38. The molecule has 1 aliphatic carbocycles. The van der Waals surface area contributed by atoms with E-state index in [9.17, 15) is 4.79 Å². The maximum Gasteiger partial charge on any atom is 0.223 e. The van der Waals surface area contributed by atoms with Crippen LogP contribution < -0.4 is 10.1 Å². The molecule has 0 spiro atoms. The molecule has 1 amide bonds. The number of benzene rings is 2. The van der Waals surface area contributed by atoms with Gasteiger partial charge in [0, 0.05) is 22.5 Å². The first kappa shape index (κ1) is 16.3. The maximum absolute atomic E-state index is 12.4. The van der Waals surface area contributed by atoms with Crippen LogP contribution in [0.15, 0.2) is 34.8 Å². The molecule has 0 radical (unpaired) electrons. The fourth-order valence-corrected chi connectivity index (χ4v) is 3.78. The Kier molecular flexibility index (Phi) is 5.21. The minimum atomic E-state index is 0.180. The second-order valence-corrected chi connectivity index (χ2v) is 7.08. The Bertz CT molecular complexity index is 708. The first-order chi connectivity index (χ1) is 11.2. The largest absolute Gasteiger partial charge is 0.496 e. The standard InChI is InChI=1S/C19H22BrNO2/c1-23-18-10-7-14-11-15(20)8-9-16(14)17(18)12-21-19(22)13-5-3-2-4-6-13/h7-11,13H,2-6,12H2,1H3,(H,21,22). The van der Waals surface area contributed by atoms with Crippen LogP contribution in [-0.2, 0) is 11.3 Å². The minimum Gasteiger partial charge on any atom is -0.496 e. The fourth-order valence-electron chi connectivity index (χ4n) is 3.40. The van der Waals surface area contributed by atoms with Crippen molar-refractivity contribution in [1.29, 1.82) is 0 Å². The van der Waals surface area contributed by atoms with Gasteiger partial charge in [-0.1, -0.05) is 47.3 Å². The van der Waals surface area contributed by atoms with Gasteiger partial charge < -0.3 is 10.1 Å². The molecule has 4 heteroatoms. The summed E-state index contributed by atoms with van der Waals surface area (Å²) in [7, 11) is 1.67. The summed E-state index contributed by atoms with van der Waals surface area (Å²) in [6.45, 7) is 0.511. The molecule has 0 heterocycles. The summed E-state index contributed by atoms with van der Waals surface area (Å²) in [5.41, 5.74) is 1.04. The van der Waals surface area contributed by atoms with E-state index in [2.05, 4.69) is 33.4 Å². The fraction of sp³-hybridized carbons (Fsp3) is 0.421. The van der Waals surface area contributed by atoms with Crippen molar-refractivity contribution in [3.05, 3.63) is 40.4 Å². The lowest BCUT2D eigenvalue weighted by Gasteiger charge is -2.21. The normalized spacial score (nSPS) is 15.6. The first-order valence-corrected chi connectivity index (χ1v) is 9.01. The van der Waals surface area contributed by atoms with E-state index in [4.69, 9.17) is 4.74 Å². The number of hydrogen-bond donors (Lipinski definition) is 1. The molecule has 0 bridgehead atoms. The van der Waals surface area contributed by atoms with Gasteiger partial charge in [-0.2, -0.15) is 0 Å². The number of nitrogens with one attached hydrogen (secondary N) is 1. The molecule has 2 aromatic carbocycles. The van der Waals surface area contributed by atoms with E-state index < -0.39 is 0 Å². The van der Waals surface area contributed by atoms with Crippen molar-refractivity contribution in [1.82, 2.24) is 5.32 Å². The van der Waals surface area contributed by atoms with E-state index >= 15 is 0 Å². The van der Waals surface area contributed by atoms with Gasteiger partial charge in [-0.15, -0.1) is 0 Å². The van der Waals surface area contributed by atoms with Crippen molar-refractivity contribution in [3.63, 3.8) is 0 Å². The van der Waals surface area contributed by atoms with Crippen molar-refractivity contribution in [3.8, 4) is 5.75 Å². The number of fused-ring (bicyclic) bond motifs is 1. The molecule has 1 fully saturated rings. The predicted octanol–water partition coefficient (Wildman–Crippen LogP) is 4.81. The van der Waals surface area contributed by atoms with E-state index in [1.54, 1.807) is 7.11 Å². The molecule has 3 nitrogen and oxygen atoms in total. The van der Waals surface area contributed by atoms with Gasteiger partial charge in [0.05, 0.1) is 7.11 Å². The van der Waals surface area contributed by atoms with Crippen LogP contribution in [0.2, 0.25) is 0 Å². The summed E-state index contributed by atoms with van der Waals surface area (Å²) in [6.07, 6.45) is 5.64.